The second-order valence-electron chi connectivity index (χ2n) is 6.41. The largest absolute Gasteiger partial charge is 0.496 e. The van der Waals surface area contributed by atoms with Gasteiger partial charge in [0.1, 0.15) is 18.2 Å². The van der Waals surface area contributed by atoms with Gasteiger partial charge in [-0.3, -0.25) is 0 Å². The Morgan fingerprint density at radius 1 is 1.15 bits per heavy atom. The molecule has 134 valence electrons. The van der Waals surface area contributed by atoms with Gasteiger partial charge >= 0.3 is 0 Å². The molecule has 4 rings (SSSR count). The van der Waals surface area contributed by atoms with E-state index in [0.29, 0.717) is 6.61 Å². The maximum Gasteiger partial charge on any atom is 0.135 e. The van der Waals surface area contributed by atoms with Crippen LogP contribution in [0, 0.1) is 0 Å². The molecule has 0 aliphatic carbocycles. The molecule has 1 N–H and O–H groups in total. The third-order valence-corrected chi connectivity index (χ3v) is 4.72. The lowest BCUT2D eigenvalue weighted by molar-refractivity contribution is 0.00324. The highest BCUT2D eigenvalue weighted by Gasteiger charge is 2.22. The lowest BCUT2D eigenvalue weighted by atomic mass is 10.1. The summed E-state index contributed by atoms with van der Waals surface area (Å²) >= 11 is 0. The number of nitrogens with one attached hydrogen (secondary N) is 1. The van der Waals surface area contributed by atoms with Crippen molar-refractivity contribution in [2.75, 3.05) is 13.7 Å². The maximum absolute atomic E-state index is 5.97. The van der Waals surface area contributed by atoms with Gasteiger partial charge in [0.05, 0.1) is 31.6 Å². The second-order valence-corrected chi connectivity index (χ2v) is 6.41. The lowest BCUT2D eigenvalue weighted by Gasteiger charge is -2.26. The first-order valence-electron chi connectivity index (χ1n) is 8.89. The van der Waals surface area contributed by atoms with E-state index in [9.17, 15) is 0 Å². The summed E-state index contributed by atoms with van der Waals surface area (Å²) in [5, 5.41) is 3.49. The molecule has 0 amide bonds. The van der Waals surface area contributed by atoms with Crippen molar-refractivity contribution < 1.29 is 9.47 Å². The van der Waals surface area contributed by atoms with Gasteiger partial charge in [0.25, 0.3) is 0 Å². The molecule has 1 aliphatic heterocycles. The molecule has 1 unspecified atom stereocenters. The van der Waals surface area contributed by atoms with E-state index in [0.717, 1.165) is 42.5 Å². The average Bonchev–Trinajstić information content (AvgIpc) is 3.12. The van der Waals surface area contributed by atoms with Crippen LogP contribution in [0.3, 0.4) is 0 Å². The van der Waals surface area contributed by atoms with Crippen molar-refractivity contribution >= 4 is 0 Å². The molecule has 2 aromatic carbocycles. The summed E-state index contributed by atoms with van der Waals surface area (Å²) in [6, 6.07) is 18.5. The van der Waals surface area contributed by atoms with Gasteiger partial charge in [-0.1, -0.05) is 48.5 Å². The lowest BCUT2D eigenvalue weighted by Crippen LogP contribution is -2.36. The fourth-order valence-electron chi connectivity index (χ4n) is 3.36. The SMILES string of the molecule is COc1ccccc1CNCC1Cn2c(-c3ccccc3)cnc2CO1. The number of ether oxygens (including phenoxy) is 2. The number of aromatic nitrogens is 2. The van der Waals surface area contributed by atoms with Crippen LogP contribution in [-0.2, 0) is 24.4 Å². The van der Waals surface area contributed by atoms with E-state index in [-0.39, 0.29) is 6.10 Å². The number of fused-ring (bicyclic) bond motifs is 1. The molecule has 2 heterocycles. The Kier molecular flexibility index (Phi) is 5.00. The number of nitrogens with zero attached hydrogens (tertiary/aromatic N) is 2. The predicted octanol–water partition coefficient (Wildman–Crippen LogP) is 3.25. The highest BCUT2D eigenvalue weighted by atomic mass is 16.5. The van der Waals surface area contributed by atoms with Gasteiger partial charge in [-0.05, 0) is 11.6 Å². The van der Waals surface area contributed by atoms with Crippen LogP contribution >= 0.6 is 0 Å². The summed E-state index contributed by atoms with van der Waals surface area (Å²) in [5.74, 6) is 1.90. The third-order valence-electron chi connectivity index (χ3n) is 4.72. The summed E-state index contributed by atoms with van der Waals surface area (Å²) in [7, 11) is 1.70. The monoisotopic (exact) mass is 349 g/mol. The van der Waals surface area contributed by atoms with Crippen LogP contribution in [0.4, 0.5) is 0 Å². The Morgan fingerprint density at radius 3 is 2.81 bits per heavy atom. The van der Waals surface area contributed by atoms with Crippen molar-refractivity contribution in [2.45, 2.75) is 25.8 Å². The van der Waals surface area contributed by atoms with E-state index in [1.165, 1.54) is 5.56 Å². The number of rotatable bonds is 6. The van der Waals surface area contributed by atoms with Crippen molar-refractivity contribution in [3.05, 3.63) is 72.2 Å². The van der Waals surface area contributed by atoms with Crippen molar-refractivity contribution in [3.63, 3.8) is 0 Å². The number of hydrogen-bond donors (Lipinski definition) is 1. The van der Waals surface area contributed by atoms with E-state index in [2.05, 4.69) is 45.2 Å². The van der Waals surface area contributed by atoms with E-state index >= 15 is 0 Å². The summed E-state index contributed by atoms with van der Waals surface area (Å²) in [4.78, 5) is 4.52. The Bertz CT molecular complexity index is 861. The topological polar surface area (TPSA) is 48.3 Å². The first-order chi connectivity index (χ1) is 12.8. The van der Waals surface area contributed by atoms with Crippen LogP contribution in [0.15, 0.2) is 60.8 Å². The Morgan fingerprint density at radius 2 is 1.96 bits per heavy atom. The summed E-state index contributed by atoms with van der Waals surface area (Å²) in [5.41, 5.74) is 3.49. The highest BCUT2D eigenvalue weighted by molar-refractivity contribution is 5.59. The molecular weight excluding hydrogens is 326 g/mol. The van der Waals surface area contributed by atoms with E-state index in [1.54, 1.807) is 7.11 Å². The zero-order valence-corrected chi connectivity index (χ0v) is 14.9. The molecule has 0 radical (unpaired) electrons. The maximum atomic E-state index is 5.97. The van der Waals surface area contributed by atoms with Crippen molar-refractivity contribution in [1.82, 2.24) is 14.9 Å². The van der Waals surface area contributed by atoms with Gasteiger partial charge in [-0.15, -0.1) is 0 Å². The molecule has 1 aromatic heterocycles. The normalized spacial score (nSPS) is 16.3. The Labute approximate surface area is 153 Å². The fraction of sp³-hybridized carbons (Fsp3) is 0.286. The minimum Gasteiger partial charge on any atom is -0.496 e. The zero-order valence-electron chi connectivity index (χ0n) is 14.9. The highest BCUT2D eigenvalue weighted by Crippen LogP contribution is 2.24. The third kappa shape index (κ3) is 3.49. The fourth-order valence-corrected chi connectivity index (χ4v) is 3.36. The van der Waals surface area contributed by atoms with Crippen LogP contribution < -0.4 is 10.1 Å². The number of benzene rings is 2. The molecular formula is C21H23N3O2. The summed E-state index contributed by atoms with van der Waals surface area (Å²) in [6.07, 6.45) is 2.06. The van der Waals surface area contributed by atoms with Gasteiger partial charge in [0.15, 0.2) is 0 Å². The molecule has 26 heavy (non-hydrogen) atoms. The van der Waals surface area contributed by atoms with Crippen LogP contribution in [0.1, 0.15) is 11.4 Å². The second kappa shape index (κ2) is 7.72. The number of hydrogen-bond acceptors (Lipinski definition) is 4. The van der Waals surface area contributed by atoms with Gasteiger partial charge < -0.3 is 19.4 Å². The van der Waals surface area contributed by atoms with Crippen molar-refractivity contribution in [2.24, 2.45) is 0 Å². The molecule has 0 fully saturated rings. The van der Waals surface area contributed by atoms with Crippen molar-refractivity contribution in [1.29, 1.82) is 0 Å². The van der Waals surface area contributed by atoms with Crippen LogP contribution in [0.25, 0.3) is 11.3 Å². The number of para-hydroxylation sites is 1. The first-order valence-corrected chi connectivity index (χ1v) is 8.89. The molecule has 0 saturated heterocycles. The molecule has 5 nitrogen and oxygen atoms in total. The van der Waals surface area contributed by atoms with Crippen LogP contribution in [0.5, 0.6) is 5.75 Å². The molecule has 0 spiro atoms. The number of imidazole rings is 1. The van der Waals surface area contributed by atoms with Crippen LogP contribution in [-0.4, -0.2) is 29.3 Å². The van der Waals surface area contributed by atoms with Crippen molar-refractivity contribution in [3.8, 4) is 17.0 Å². The standard InChI is InChI=1S/C21H23N3O2/c1-25-20-10-6-5-9-17(20)11-22-12-18-14-24-19(13-23-21(24)15-26-18)16-7-3-2-4-8-16/h2-10,13,18,22H,11-12,14-15H2,1H3. The molecule has 5 heteroatoms. The van der Waals surface area contributed by atoms with Gasteiger partial charge in [0, 0.05) is 18.7 Å². The predicted molar refractivity (Wildman–Crippen MR) is 101 cm³/mol. The average molecular weight is 349 g/mol. The molecule has 1 atom stereocenters. The zero-order chi connectivity index (χ0) is 17.8. The minimum atomic E-state index is 0.119. The van der Waals surface area contributed by atoms with E-state index < -0.39 is 0 Å². The smallest absolute Gasteiger partial charge is 0.135 e. The van der Waals surface area contributed by atoms with Gasteiger partial charge in [0.2, 0.25) is 0 Å². The number of methoxy groups -OCH3 is 1. The van der Waals surface area contributed by atoms with E-state index in [4.69, 9.17) is 9.47 Å². The quantitative estimate of drug-likeness (QED) is 0.742. The Hall–Kier alpha value is -2.63. The van der Waals surface area contributed by atoms with Gasteiger partial charge in [-0.25, -0.2) is 4.98 Å². The summed E-state index contributed by atoms with van der Waals surface area (Å²) in [6.45, 7) is 2.89. The van der Waals surface area contributed by atoms with Gasteiger partial charge in [-0.2, -0.15) is 0 Å². The minimum absolute atomic E-state index is 0.119. The molecule has 0 saturated carbocycles. The molecule has 0 bridgehead atoms. The van der Waals surface area contributed by atoms with E-state index in [1.807, 2.05) is 30.5 Å². The Balaban J connectivity index is 1.40. The van der Waals surface area contributed by atoms with Crippen LogP contribution in [0.2, 0.25) is 0 Å². The summed E-state index contributed by atoms with van der Waals surface area (Å²) < 4.78 is 13.6. The molecule has 3 aromatic rings. The first kappa shape index (κ1) is 16.8. The molecule has 1 aliphatic rings.